The van der Waals surface area contributed by atoms with Crippen molar-refractivity contribution in [3.05, 3.63) is 34.4 Å². The Morgan fingerprint density at radius 2 is 1.88 bits per heavy atom. The van der Waals surface area contributed by atoms with Gasteiger partial charge in [-0.1, -0.05) is 0 Å². The molecular formula is C10H9NO5. The van der Waals surface area contributed by atoms with Gasteiger partial charge in [0, 0.05) is 12.1 Å². The first-order chi connectivity index (χ1) is 7.49. The quantitative estimate of drug-likeness (QED) is 0.253. The molecule has 0 aromatic heterocycles. The molecule has 0 bridgehead atoms. The van der Waals surface area contributed by atoms with Crippen molar-refractivity contribution < 1.29 is 19.2 Å². The summed E-state index contributed by atoms with van der Waals surface area (Å²) in [5.74, 6) is -0.801. The number of esters is 1. The van der Waals surface area contributed by atoms with Gasteiger partial charge < -0.3 is 4.74 Å². The zero-order chi connectivity index (χ0) is 12.1. The number of non-ortho nitro benzene ring substituents is 1. The van der Waals surface area contributed by atoms with E-state index < -0.39 is 10.9 Å². The summed E-state index contributed by atoms with van der Waals surface area (Å²) in [5.41, 5.74) is -0.0913. The van der Waals surface area contributed by atoms with Crippen LogP contribution in [0.2, 0.25) is 0 Å². The largest absolute Gasteiger partial charge is 0.426 e. The molecule has 0 amide bonds. The number of carbonyl (C=O) groups excluding carboxylic acids is 2. The van der Waals surface area contributed by atoms with Crippen molar-refractivity contribution in [2.75, 3.05) is 0 Å². The van der Waals surface area contributed by atoms with E-state index in [1.165, 1.54) is 31.2 Å². The fourth-order valence-corrected chi connectivity index (χ4v) is 1.01. The van der Waals surface area contributed by atoms with Crippen LogP contribution in [0.1, 0.15) is 13.3 Å². The van der Waals surface area contributed by atoms with Gasteiger partial charge in [-0.15, -0.1) is 0 Å². The molecule has 6 nitrogen and oxygen atoms in total. The predicted molar refractivity (Wildman–Crippen MR) is 54.0 cm³/mol. The lowest BCUT2D eigenvalue weighted by atomic mass is 10.3. The molecule has 1 rings (SSSR count). The number of hydrogen-bond donors (Lipinski definition) is 0. The number of ketones is 1. The summed E-state index contributed by atoms with van der Waals surface area (Å²) >= 11 is 0. The predicted octanol–water partition coefficient (Wildman–Crippen LogP) is 1.48. The molecule has 0 N–H and O–H groups in total. The van der Waals surface area contributed by atoms with E-state index in [1.54, 1.807) is 0 Å². The number of hydrogen-bond acceptors (Lipinski definition) is 5. The lowest BCUT2D eigenvalue weighted by Crippen LogP contribution is -2.11. The van der Waals surface area contributed by atoms with Crippen LogP contribution in [0.25, 0.3) is 0 Å². The maximum atomic E-state index is 11.1. The highest BCUT2D eigenvalue weighted by atomic mass is 16.6. The fraction of sp³-hybridized carbons (Fsp3) is 0.200. The fourth-order valence-electron chi connectivity index (χ4n) is 1.01. The summed E-state index contributed by atoms with van der Waals surface area (Å²) in [5, 5.41) is 10.3. The number of carbonyl (C=O) groups is 2. The number of benzene rings is 1. The van der Waals surface area contributed by atoms with Gasteiger partial charge in [0.05, 0.1) is 4.92 Å². The summed E-state index contributed by atoms with van der Waals surface area (Å²) in [4.78, 5) is 31.4. The van der Waals surface area contributed by atoms with Crippen LogP contribution in [0.3, 0.4) is 0 Å². The highest BCUT2D eigenvalue weighted by molar-refractivity contribution is 5.94. The molecule has 0 unspecified atom stereocenters. The lowest BCUT2D eigenvalue weighted by Gasteiger charge is -2.01. The molecule has 1 aromatic carbocycles. The van der Waals surface area contributed by atoms with Crippen LogP contribution in [0, 0.1) is 10.1 Å². The summed E-state index contributed by atoms with van der Waals surface area (Å²) in [7, 11) is 0. The third-order valence-electron chi connectivity index (χ3n) is 1.67. The number of nitro groups is 1. The number of nitro benzene ring substituents is 1. The van der Waals surface area contributed by atoms with Crippen molar-refractivity contribution in [1.82, 2.24) is 0 Å². The van der Waals surface area contributed by atoms with Gasteiger partial charge in [0.15, 0.2) is 0 Å². The van der Waals surface area contributed by atoms with Crippen LogP contribution < -0.4 is 4.74 Å². The van der Waals surface area contributed by atoms with E-state index in [0.717, 1.165) is 0 Å². The molecule has 0 saturated heterocycles. The Hall–Kier alpha value is -2.24. The van der Waals surface area contributed by atoms with Crippen molar-refractivity contribution in [3.63, 3.8) is 0 Å². The van der Waals surface area contributed by atoms with E-state index in [2.05, 4.69) is 0 Å². The summed E-state index contributed by atoms with van der Waals surface area (Å²) in [6, 6.07) is 5.04. The second-order valence-corrected chi connectivity index (χ2v) is 3.10. The molecule has 0 aliphatic rings. The SMILES string of the molecule is CC(=O)CC(=O)Oc1ccc([N+](=O)[O-])cc1. The van der Waals surface area contributed by atoms with Crippen LogP contribution >= 0.6 is 0 Å². The van der Waals surface area contributed by atoms with Gasteiger partial charge in [-0.2, -0.15) is 0 Å². The van der Waals surface area contributed by atoms with E-state index in [0.29, 0.717) is 0 Å². The average molecular weight is 223 g/mol. The van der Waals surface area contributed by atoms with Gasteiger partial charge in [-0.3, -0.25) is 19.7 Å². The Morgan fingerprint density at radius 1 is 1.31 bits per heavy atom. The molecule has 6 heteroatoms. The molecule has 1 aromatic rings. The Balaban J connectivity index is 2.65. The normalized spacial score (nSPS) is 9.56. The van der Waals surface area contributed by atoms with Crippen LogP contribution in [0.5, 0.6) is 5.75 Å². The van der Waals surface area contributed by atoms with Crippen molar-refractivity contribution >= 4 is 17.4 Å². The summed E-state index contributed by atoms with van der Waals surface area (Å²) < 4.78 is 4.78. The topological polar surface area (TPSA) is 86.5 Å². The van der Waals surface area contributed by atoms with Crippen LogP contribution in [-0.4, -0.2) is 16.7 Å². The molecule has 0 aliphatic carbocycles. The molecule has 0 heterocycles. The smallest absolute Gasteiger partial charge is 0.318 e. The number of Topliss-reactive ketones (excluding diaryl/α,β-unsaturated/α-hetero) is 1. The van der Waals surface area contributed by atoms with E-state index in [1.807, 2.05) is 0 Å². The Bertz CT molecular complexity index is 423. The van der Waals surface area contributed by atoms with Crippen LogP contribution in [0.15, 0.2) is 24.3 Å². The average Bonchev–Trinajstić information content (AvgIpc) is 2.16. The molecule has 0 saturated carbocycles. The Morgan fingerprint density at radius 3 is 2.31 bits per heavy atom. The van der Waals surface area contributed by atoms with Gasteiger partial charge >= 0.3 is 5.97 Å². The van der Waals surface area contributed by atoms with Gasteiger partial charge in [0.25, 0.3) is 5.69 Å². The van der Waals surface area contributed by atoms with Gasteiger partial charge in [-0.05, 0) is 19.1 Å². The minimum Gasteiger partial charge on any atom is -0.426 e. The van der Waals surface area contributed by atoms with E-state index in [4.69, 9.17) is 4.74 Å². The number of nitrogens with zero attached hydrogens (tertiary/aromatic N) is 1. The number of rotatable bonds is 4. The molecule has 0 spiro atoms. The maximum absolute atomic E-state index is 11.1. The Labute approximate surface area is 91.0 Å². The molecule has 84 valence electrons. The minimum absolute atomic E-state index is 0.0913. The van der Waals surface area contributed by atoms with E-state index in [9.17, 15) is 19.7 Å². The van der Waals surface area contributed by atoms with Crippen LogP contribution in [-0.2, 0) is 9.59 Å². The first-order valence-electron chi connectivity index (χ1n) is 4.43. The molecular weight excluding hydrogens is 214 g/mol. The van der Waals surface area contributed by atoms with Crippen molar-refractivity contribution in [2.24, 2.45) is 0 Å². The molecule has 0 radical (unpaired) electrons. The first-order valence-corrected chi connectivity index (χ1v) is 4.43. The van der Waals surface area contributed by atoms with Crippen molar-refractivity contribution in [1.29, 1.82) is 0 Å². The molecule has 0 aliphatic heterocycles. The summed E-state index contributed by atoms with van der Waals surface area (Å²) in [6.45, 7) is 1.27. The monoisotopic (exact) mass is 223 g/mol. The Kier molecular flexibility index (Phi) is 3.71. The zero-order valence-electron chi connectivity index (χ0n) is 8.50. The molecule has 16 heavy (non-hydrogen) atoms. The third kappa shape index (κ3) is 3.49. The first kappa shape index (κ1) is 11.8. The lowest BCUT2D eigenvalue weighted by molar-refractivity contribution is -0.384. The highest BCUT2D eigenvalue weighted by Gasteiger charge is 2.09. The zero-order valence-corrected chi connectivity index (χ0v) is 8.50. The number of ether oxygens (including phenoxy) is 1. The van der Waals surface area contributed by atoms with Gasteiger partial charge in [-0.25, -0.2) is 0 Å². The van der Waals surface area contributed by atoms with E-state index in [-0.39, 0.29) is 23.6 Å². The highest BCUT2D eigenvalue weighted by Crippen LogP contribution is 2.17. The van der Waals surface area contributed by atoms with Crippen molar-refractivity contribution in [2.45, 2.75) is 13.3 Å². The third-order valence-corrected chi connectivity index (χ3v) is 1.67. The maximum Gasteiger partial charge on any atom is 0.318 e. The second-order valence-electron chi connectivity index (χ2n) is 3.10. The van der Waals surface area contributed by atoms with Gasteiger partial charge in [0.1, 0.15) is 18.0 Å². The minimum atomic E-state index is -0.679. The molecule has 0 fully saturated rings. The van der Waals surface area contributed by atoms with E-state index >= 15 is 0 Å². The van der Waals surface area contributed by atoms with Crippen molar-refractivity contribution in [3.8, 4) is 5.75 Å². The second kappa shape index (κ2) is 5.01. The van der Waals surface area contributed by atoms with Crippen LogP contribution in [0.4, 0.5) is 5.69 Å². The molecule has 0 atom stereocenters. The standard InChI is InChI=1S/C10H9NO5/c1-7(12)6-10(13)16-9-4-2-8(3-5-9)11(14)15/h2-5H,6H2,1H3. The summed E-state index contributed by atoms with van der Waals surface area (Å²) in [6.07, 6.45) is -0.309. The van der Waals surface area contributed by atoms with Gasteiger partial charge in [0.2, 0.25) is 0 Å².